The average Bonchev–Trinajstić information content (AvgIpc) is 3.19. The number of ether oxygens (including phenoxy) is 3. The second kappa shape index (κ2) is 44.5. The summed E-state index contributed by atoms with van der Waals surface area (Å²) in [6.07, 6.45) is 45.1. The van der Waals surface area contributed by atoms with Crippen LogP contribution in [-0.2, 0) is 28.6 Å². The molecule has 0 radical (unpaired) electrons. The molecule has 6 nitrogen and oxygen atoms in total. The monoisotopic (exact) mass is 793 g/mol. The van der Waals surface area contributed by atoms with Gasteiger partial charge in [0.25, 0.3) is 0 Å². The molecule has 0 aliphatic heterocycles. The standard InChI is InChI=1S/C50H96O6/c1-5-8-10-12-14-16-17-18-19-20-21-27-31-35-39-43-50(53)56-47(44-54-48(51)41-37-33-29-24-15-13-11-9-6-2)45-55-49(52)42-38-34-30-26-23-22-25-28-32-36-40-46(4)7-3/h46-47H,5-45H2,1-4H3/t46?,47-/m1/s1. The van der Waals surface area contributed by atoms with Gasteiger partial charge in [-0.3, -0.25) is 14.4 Å². The first-order valence-corrected chi connectivity index (χ1v) is 24.9. The van der Waals surface area contributed by atoms with E-state index >= 15 is 0 Å². The number of carbonyl (C=O) groups is 3. The molecule has 0 saturated carbocycles. The van der Waals surface area contributed by atoms with Crippen LogP contribution in [0.15, 0.2) is 0 Å². The molecule has 0 N–H and O–H groups in total. The molecule has 0 saturated heterocycles. The second-order valence-electron chi connectivity index (χ2n) is 17.3. The molecule has 0 spiro atoms. The van der Waals surface area contributed by atoms with Crippen molar-refractivity contribution < 1.29 is 28.6 Å². The van der Waals surface area contributed by atoms with E-state index in [2.05, 4.69) is 27.7 Å². The zero-order valence-electron chi connectivity index (χ0n) is 38.1. The van der Waals surface area contributed by atoms with Crippen molar-refractivity contribution >= 4 is 17.9 Å². The van der Waals surface area contributed by atoms with Gasteiger partial charge < -0.3 is 14.2 Å². The maximum absolute atomic E-state index is 12.7. The fraction of sp³-hybridized carbons (Fsp3) is 0.940. The molecule has 6 heteroatoms. The third kappa shape index (κ3) is 42.0. The zero-order chi connectivity index (χ0) is 41.0. The summed E-state index contributed by atoms with van der Waals surface area (Å²) >= 11 is 0. The molecule has 56 heavy (non-hydrogen) atoms. The van der Waals surface area contributed by atoms with Crippen LogP contribution < -0.4 is 0 Å². The van der Waals surface area contributed by atoms with Crippen molar-refractivity contribution in [1.82, 2.24) is 0 Å². The summed E-state index contributed by atoms with van der Waals surface area (Å²) < 4.78 is 16.8. The van der Waals surface area contributed by atoms with E-state index in [0.717, 1.165) is 63.7 Å². The summed E-state index contributed by atoms with van der Waals surface area (Å²) in [7, 11) is 0. The summed E-state index contributed by atoms with van der Waals surface area (Å²) in [4.78, 5) is 37.8. The van der Waals surface area contributed by atoms with Gasteiger partial charge in [-0.25, -0.2) is 0 Å². The molecule has 0 aromatic heterocycles. The number of esters is 3. The molecule has 0 fully saturated rings. The molecule has 0 aromatic carbocycles. The minimum atomic E-state index is -0.759. The van der Waals surface area contributed by atoms with E-state index in [4.69, 9.17) is 14.2 Å². The van der Waals surface area contributed by atoms with E-state index in [1.807, 2.05) is 0 Å². The molecule has 2 atom stereocenters. The lowest BCUT2D eigenvalue weighted by Gasteiger charge is -2.18. The Kier molecular flexibility index (Phi) is 43.2. The summed E-state index contributed by atoms with van der Waals surface area (Å²) in [6.45, 7) is 9.02. The predicted molar refractivity (Wildman–Crippen MR) is 238 cm³/mol. The lowest BCUT2D eigenvalue weighted by Crippen LogP contribution is -2.30. The number of unbranched alkanes of at least 4 members (excludes halogenated alkanes) is 31. The Labute approximate surface area is 348 Å². The molecule has 1 unspecified atom stereocenters. The Morgan fingerprint density at radius 3 is 0.929 bits per heavy atom. The van der Waals surface area contributed by atoms with Crippen molar-refractivity contribution in [1.29, 1.82) is 0 Å². The molecule has 0 rings (SSSR count). The highest BCUT2D eigenvalue weighted by atomic mass is 16.6. The van der Waals surface area contributed by atoms with Crippen LogP contribution in [0.4, 0.5) is 0 Å². The Balaban J connectivity index is 4.29. The first-order chi connectivity index (χ1) is 27.4. The lowest BCUT2D eigenvalue weighted by atomic mass is 9.99. The van der Waals surface area contributed by atoms with Gasteiger partial charge in [-0.05, 0) is 25.2 Å². The quantitative estimate of drug-likeness (QED) is 0.0347. The normalized spacial score (nSPS) is 12.4. The summed E-state index contributed by atoms with van der Waals surface area (Å²) in [6, 6.07) is 0. The van der Waals surface area contributed by atoms with Crippen LogP contribution in [0.3, 0.4) is 0 Å². The molecule has 332 valence electrons. The van der Waals surface area contributed by atoms with E-state index in [0.29, 0.717) is 19.3 Å². The van der Waals surface area contributed by atoms with Crippen molar-refractivity contribution in [2.75, 3.05) is 13.2 Å². The van der Waals surface area contributed by atoms with Crippen LogP contribution in [0.1, 0.15) is 278 Å². The average molecular weight is 793 g/mol. The first kappa shape index (κ1) is 54.4. The van der Waals surface area contributed by atoms with Crippen molar-refractivity contribution in [3.05, 3.63) is 0 Å². The fourth-order valence-corrected chi connectivity index (χ4v) is 7.48. The number of carbonyl (C=O) groups excluding carboxylic acids is 3. The van der Waals surface area contributed by atoms with E-state index in [9.17, 15) is 14.4 Å². The van der Waals surface area contributed by atoms with E-state index in [1.54, 1.807) is 0 Å². The van der Waals surface area contributed by atoms with Crippen LogP contribution in [0.5, 0.6) is 0 Å². The van der Waals surface area contributed by atoms with Gasteiger partial charge >= 0.3 is 17.9 Å². The minimum absolute atomic E-state index is 0.0634. The maximum atomic E-state index is 12.7. The van der Waals surface area contributed by atoms with E-state index < -0.39 is 6.10 Å². The molecule has 0 heterocycles. The molecular weight excluding hydrogens is 697 g/mol. The molecule has 0 aliphatic carbocycles. The van der Waals surface area contributed by atoms with E-state index in [-0.39, 0.29) is 31.1 Å². The van der Waals surface area contributed by atoms with Gasteiger partial charge in [-0.1, -0.05) is 240 Å². The Morgan fingerprint density at radius 2 is 0.625 bits per heavy atom. The third-order valence-corrected chi connectivity index (χ3v) is 11.7. The highest BCUT2D eigenvalue weighted by Crippen LogP contribution is 2.17. The number of hydrogen-bond acceptors (Lipinski definition) is 6. The van der Waals surface area contributed by atoms with Crippen LogP contribution in [0.25, 0.3) is 0 Å². The Bertz CT molecular complexity index is 843. The molecule has 0 amide bonds. The zero-order valence-corrected chi connectivity index (χ0v) is 38.1. The van der Waals surface area contributed by atoms with Crippen LogP contribution in [0, 0.1) is 5.92 Å². The topological polar surface area (TPSA) is 78.9 Å². The summed E-state index contributed by atoms with van der Waals surface area (Å²) in [5, 5.41) is 0. The fourth-order valence-electron chi connectivity index (χ4n) is 7.48. The Hall–Kier alpha value is -1.59. The Morgan fingerprint density at radius 1 is 0.357 bits per heavy atom. The molecule has 0 bridgehead atoms. The van der Waals surface area contributed by atoms with Gasteiger partial charge in [0.2, 0.25) is 0 Å². The second-order valence-corrected chi connectivity index (χ2v) is 17.3. The smallest absolute Gasteiger partial charge is 0.306 e. The van der Waals surface area contributed by atoms with Gasteiger partial charge in [0.15, 0.2) is 6.10 Å². The summed E-state index contributed by atoms with van der Waals surface area (Å²) in [5.41, 5.74) is 0. The van der Waals surface area contributed by atoms with Gasteiger partial charge in [-0.2, -0.15) is 0 Å². The molecular formula is C50H96O6. The van der Waals surface area contributed by atoms with Crippen molar-refractivity contribution in [2.24, 2.45) is 5.92 Å². The number of hydrogen-bond donors (Lipinski definition) is 0. The molecule has 0 aliphatic rings. The summed E-state index contributed by atoms with van der Waals surface area (Å²) in [5.74, 6) is 0.0199. The van der Waals surface area contributed by atoms with Crippen molar-refractivity contribution in [2.45, 2.75) is 284 Å². The van der Waals surface area contributed by atoms with Crippen LogP contribution in [-0.4, -0.2) is 37.2 Å². The van der Waals surface area contributed by atoms with Gasteiger partial charge in [-0.15, -0.1) is 0 Å². The van der Waals surface area contributed by atoms with E-state index in [1.165, 1.54) is 173 Å². The van der Waals surface area contributed by atoms with Crippen LogP contribution >= 0.6 is 0 Å². The number of rotatable bonds is 45. The predicted octanol–water partition coefficient (Wildman–Crippen LogP) is 15.9. The highest BCUT2D eigenvalue weighted by Gasteiger charge is 2.19. The first-order valence-electron chi connectivity index (χ1n) is 24.9. The van der Waals surface area contributed by atoms with Crippen molar-refractivity contribution in [3.8, 4) is 0 Å². The van der Waals surface area contributed by atoms with Gasteiger partial charge in [0, 0.05) is 19.3 Å². The van der Waals surface area contributed by atoms with Gasteiger partial charge in [0.1, 0.15) is 13.2 Å². The molecule has 0 aromatic rings. The SMILES string of the molecule is CCCCCCCCCCCCCCCCCC(=O)O[C@H](COC(=O)CCCCCCCCCCC)COC(=O)CCCCCCCCCCCCC(C)CC. The van der Waals surface area contributed by atoms with Gasteiger partial charge in [0.05, 0.1) is 0 Å². The third-order valence-electron chi connectivity index (χ3n) is 11.7. The largest absolute Gasteiger partial charge is 0.462 e. The van der Waals surface area contributed by atoms with Crippen molar-refractivity contribution in [3.63, 3.8) is 0 Å². The maximum Gasteiger partial charge on any atom is 0.306 e. The highest BCUT2D eigenvalue weighted by molar-refractivity contribution is 5.71. The lowest BCUT2D eigenvalue weighted by molar-refractivity contribution is -0.167. The van der Waals surface area contributed by atoms with Crippen LogP contribution in [0.2, 0.25) is 0 Å². The minimum Gasteiger partial charge on any atom is -0.462 e.